The summed E-state index contributed by atoms with van der Waals surface area (Å²) in [7, 11) is 1.58. The van der Waals surface area contributed by atoms with Gasteiger partial charge in [-0.2, -0.15) is 0 Å². The molecule has 0 saturated carbocycles. The number of benzene rings is 2. The van der Waals surface area contributed by atoms with Crippen molar-refractivity contribution in [1.82, 2.24) is 0 Å². The minimum absolute atomic E-state index is 0.505. The maximum atomic E-state index is 6.15. The molecule has 1 N–H and O–H groups in total. The van der Waals surface area contributed by atoms with Crippen molar-refractivity contribution in [2.75, 3.05) is 12.4 Å². The SMILES string of the molecule is COc1ccc(-c2ccc(CNc3ccc(Cl)cc3Cl)o2)cc1Cl. The van der Waals surface area contributed by atoms with Gasteiger partial charge in [-0.1, -0.05) is 34.8 Å². The zero-order valence-corrected chi connectivity index (χ0v) is 15.0. The Bertz CT molecular complexity index is 861. The molecule has 0 aliphatic heterocycles. The summed E-state index contributed by atoms with van der Waals surface area (Å²) in [6, 6.07) is 14.6. The molecule has 6 heteroatoms. The van der Waals surface area contributed by atoms with Gasteiger partial charge in [0.25, 0.3) is 0 Å². The van der Waals surface area contributed by atoms with Crippen LogP contribution in [0, 0.1) is 0 Å². The second kappa shape index (κ2) is 7.39. The Balaban J connectivity index is 1.72. The van der Waals surface area contributed by atoms with Crippen LogP contribution in [0.1, 0.15) is 5.76 Å². The van der Waals surface area contributed by atoms with Crippen molar-refractivity contribution in [2.45, 2.75) is 6.54 Å². The van der Waals surface area contributed by atoms with Crippen LogP contribution in [0.3, 0.4) is 0 Å². The molecule has 0 fully saturated rings. The highest BCUT2D eigenvalue weighted by Gasteiger charge is 2.09. The van der Waals surface area contributed by atoms with E-state index in [1.165, 1.54) is 0 Å². The van der Waals surface area contributed by atoms with E-state index in [1.807, 2.05) is 36.4 Å². The van der Waals surface area contributed by atoms with Gasteiger partial charge in [-0.25, -0.2) is 0 Å². The molecule has 2 aromatic carbocycles. The quantitative estimate of drug-likeness (QED) is 0.545. The van der Waals surface area contributed by atoms with Crippen molar-refractivity contribution in [3.63, 3.8) is 0 Å². The summed E-state index contributed by atoms with van der Waals surface area (Å²) in [6.07, 6.45) is 0. The summed E-state index contributed by atoms with van der Waals surface area (Å²) in [6.45, 7) is 0.505. The molecular weight excluding hydrogens is 369 g/mol. The van der Waals surface area contributed by atoms with Crippen molar-refractivity contribution in [1.29, 1.82) is 0 Å². The van der Waals surface area contributed by atoms with E-state index < -0.39 is 0 Å². The monoisotopic (exact) mass is 381 g/mol. The second-order valence-electron chi connectivity index (χ2n) is 5.09. The molecule has 0 radical (unpaired) electrons. The molecule has 3 rings (SSSR count). The highest BCUT2D eigenvalue weighted by Crippen LogP contribution is 2.31. The first-order valence-corrected chi connectivity index (χ1v) is 8.32. The van der Waals surface area contributed by atoms with E-state index in [0.717, 1.165) is 22.8 Å². The molecule has 3 aromatic rings. The van der Waals surface area contributed by atoms with Crippen LogP contribution < -0.4 is 10.1 Å². The topological polar surface area (TPSA) is 34.4 Å². The van der Waals surface area contributed by atoms with Crippen molar-refractivity contribution >= 4 is 40.5 Å². The van der Waals surface area contributed by atoms with Crippen molar-refractivity contribution in [2.24, 2.45) is 0 Å². The first-order valence-electron chi connectivity index (χ1n) is 7.18. The third kappa shape index (κ3) is 3.81. The van der Waals surface area contributed by atoms with Gasteiger partial charge in [0, 0.05) is 10.6 Å². The van der Waals surface area contributed by atoms with E-state index in [0.29, 0.717) is 27.4 Å². The Labute approximate surface area is 155 Å². The van der Waals surface area contributed by atoms with Crippen LogP contribution in [0.15, 0.2) is 52.9 Å². The summed E-state index contributed by atoms with van der Waals surface area (Å²) >= 11 is 18.2. The number of hydrogen-bond acceptors (Lipinski definition) is 3. The fourth-order valence-electron chi connectivity index (χ4n) is 2.26. The van der Waals surface area contributed by atoms with Crippen LogP contribution >= 0.6 is 34.8 Å². The van der Waals surface area contributed by atoms with Crippen LogP contribution in [0.5, 0.6) is 5.75 Å². The number of nitrogens with one attached hydrogen (secondary N) is 1. The number of halogens is 3. The minimum Gasteiger partial charge on any atom is -0.495 e. The van der Waals surface area contributed by atoms with Crippen molar-refractivity contribution in [3.8, 4) is 17.1 Å². The average Bonchev–Trinajstić information content (AvgIpc) is 3.03. The van der Waals surface area contributed by atoms with Gasteiger partial charge < -0.3 is 14.5 Å². The number of ether oxygens (including phenoxy) is 1. The number of anilines is 1. The van der Waals surface area contributed by atoms with Crippen molar-refractivity contribution in [3.05, 3.63) is 69.4 Å². The van der Waals surface area contributed by atoms with Gasteiger partial charge >= 0.3 is 0 Å². The molecule has 24 heavy (non-hydrogen) atoms. The van der Waals surface area contributed by atoms with Gasteiger partial charge in [-0.15, -0.1) is 0 Å². The second-order valence-corrected chi connectivity index (χ2v) is 6.34. The summed E-state index contributed by atoms with van der Waals surface area (Å²) in [5.74, 6) is 2.15. The lowest BCUT2D eigenvalue weighted by molar-refractivity contribution is 0.415. The zero-order valence-electron chi connectivity index (χ0n) is 12.8. The summed E-state index contributed by atoms with van der Waals surface area (Å²) in [4.78, 5) is 0. The van der Waals surface area contributed by atoms with Gasteiger partial charge in [-0.3, -0.25) is 0 Å². The predicted octanol–water partition coefficient (Wildman–Crippen LogP) is 6.53. The molecule has 124 valence electrons. The number of methoxy groups -OCH3 is 1. The number of furan rings is 1. The van der Waals surface area contributed by atoms with E-state index in [1.54, 1.807) is 19.2 Å². The fraction of sp³-hybridized carbons (Fsp3) is 0.111. The van der Waals surface area contributed by atoms with E-state index in [-0.39, 0.29) is 0 Å². The van der Waals surface area contributed by atoms with Gasteiger partial charge in [0.2, 0.25) is 0 Å². The Morgan fingerprint density at radius 2 is 1.79 bits per heavy atom. The molecule has 1 heterocycles. The average molecular weight is 383 g/mol. The summed E-state index contributed by atoms with van der Waals surface area (Å²) < 4.78 is 11.0. The zero-order chi connectivity index (χ0) is 17.1. The lowest BCUT2D eigenvalue weighted by Crippen LogP contribution is -1.98. The number of rotatable bonds is 5. The fourth-order valence-corrected chi connectivity index (χ4v) is 3.00. The predicted molar refractivity (Wildman–Crippen MR) is 99.5 cm³/mol. The lowest BCUT2D eigenvalue weighted by Gasteiger charge is -2.07. The smallest absolute Gasteiger partial charge is 0.137 e. The van der Waals surface area contributed by atoms with E-state index >= 15 is 0 Å². The standard InChI is InChI=1S/C18H14Cl3NO2/c1-23-18-6-2-11(8-15(18)21)17-7-4-13(24-17)10-22-16-5-3-12(19)9-14(16)20/h2-9,22H,10H2,1H3. The van der Waals surface area contributed by atoms with Crippen LogP contribution in [0.2, 0.25) is 15.1 Å². The normalized spacial score (nSPS) is 10.7. The van der Waals surface area contributed by atoms with Crippen LogP contribution in [-0.4, -0.2) is 7.11 Å². The minimum atomic E-state index is 0.505. The Kier molecular flexibility index (Phi) is 5.24. The molecule has 0 unspecified atom stereocenters. The van der Waals surface area contributed by atoms with Crippen molar-refractivity contribution < 1.29 is 9.15 Å². The highest BCUT2D eigenvalue weighted by molar-refractivity contribution is 6.36. The molecule has 0 bridgehead atoms. The van der Waals surface area contributed by atoms with Gasteiger partial charge in [0.05, 0.1) is 29.4 Å². The van der Waals surface area contributed by atoms with Gasteiger partial charge in [0.15, 0.2) is 0 Å². The molecular formula is C18H14Cl3NO2. The molecule has 0 spiro atoms. The molecule has 0 aliphatic rings. The van der Waals surface area contributed by atoms with Gasteiger partial charge in [0.1, 0.15) is 17.3 Å². The molecule has 1 aromatic heterocycles. The van der Waals surface area contributed by atoms with E-state index in [9.17, 15) is 0 Å². The van der Waals surface area contributed by atoms with Crippen LogP contribution in [0.25, 0.3) is 11.3 Å². The Morgan fingerprint density at radius 1 is 0.958 bits per heavy atom. The van der Waals surface area contributed by atoms with E-state index in [4.69, 9.17) is 44.0 Å². The highest BCUT2D eigenvalue weighted by atomic mass is 35.5. The maximum absolute atomic E-state index is 6.15. The third-order valence-electron chi connectivity index (χ3n) is 3.48. The first-order chi connectivity index (χ1) is 11.6. The molecule has 0 saturated heterocycles. The van der Waals surface area contributed by atoms with Gasteiger partial charge in [-0.05, 0) is 48.5 Å². The first kappa shape index (κ1) is 17.0. The summed E-state index contributed by atoms with van der Waals surface area (Å²) in [5, 5.41) is 4.93. The molecule has 0 aliphatic carbocycles. The largest absolute Gasteiger partial charge is 0.495 e. The maximum Gasteiger partial charge on any atom is 0.137 e. The Hall–Kier alpha value is -1.81. The van der Waals surface area contributed by atoms with E-state index in [2.05, 4.69) is 5.32 Å². The van der Waals surface area contributed by atoms with Crippen LogP contribution in [-0.2, 0) is 6.54 Å². The summed E-state index contributed by atoms with van der Waals surface area (Å²) in [5.41, 5.74) is 1.68. The molecule has 0 atom stereocenters. The Morgan fingerprint density at radius 3 is 2.50 bits per heavy atom. The van der Waals surface area contributed by atoms with Crippen LogP contribution in [0.4, 0.5) is 5.69 Å². The lowest BCUT2D eigenvalue weighted by atomic mass is 10.2. The molecule has 3 nitrogen and oxygen atoms in total. The number of hydrogen-bond donors (Lipinski definition) is 1. The molecule has 0 amide bonds. The third-order valence-corrected chi connectivity index (χ3v) is 4.33.